The summed E-state index contributed by atoms with van der Waals surface area (Å²) in [5.41, 5.74) is 0.960. The van der Waals surface area contributed by atoms with Crippen LogP contribution in [0.4, 0.5) is 0 Å². The highest BCUT2D eigenvalue weighted by atomic mass is 35.7. The van der Waals surface area contributed by atoms with Gasteiger partial charge in [0, 0.05) is 24.8 Å². The number of carboxylic acids is 2. The second-order valence-corrected chi connectivity index (χ2v) is 11.0. The van der Waals surface area contributed by atoms with Gasteiger partial charge in [-0.3, -0.25) is 0 Å². The maximum absolute atomic E-state index is 11.8. The summed E-state index contributed by atoms with van der Waals surface area (Å²) in [5, 5.41) is 17.6. The number of sulfonamides is 1. The average molecular weight is 478 g/mol. The van der Waals surface area contributed by atoms with Crippen molar-refractivity contribution in [3.8, 4) is 0 Å². The number of carboxylic acid groups (broad SMARTS) is 2. The molecule has 0 fully saturated rings. The van der Waals surface area contributed by atoms with Crippen molar-refractivity contribution in [1.82, 2.24) is 4.31 Å². The molecule has 0 radical (unpaired) electrons. The fourth-order valence-corrected chi connectivity index (χ4v) is 3.89. The van der Waals surface area contributed by atoms with E-state index in [-0.39, 0.29) is 20.9 Å². The van der Waals surface area contributed by atoms with E-state index in [0.29, 0.717) is 11.1 Å². The summed E-state index contributed by atoms with van der Waals surface area (Å²) in [6.07, 6.45) is 0. The minimum absolute atomic E-state index is 0.00271. The lowest BCUT2D eigenvalue weighted by atomic mass is 10.1. The van der Waals surface area contributed by atoms with Crippen molar-refractivity contribution in [3.05, 3.63) is 58.7 Å². The van der Waals surface area contributed by atoms with E-state index in [1.54, 1.807) is 13.8 Å². The Bertz CT molecular complexity index is 1190. The molecule has 0 saturated carbocycles. The third-order valence-electron chi connectivity index (χ3n) is 3.94. The van der Waals surface area contributed by atoms with E-state index >= 15 is 0 Å². The van der Waals surface area contributed by atoms with Crippen LogP contribution in [0.5, 0.6) is 0 Å². The highest BCUT2D eigenvalue weighted by molar-refractivity contribution is 8.13. The van der Waals surface area contributed by atoms with Crippen LogP contribution in [-0.4, -0.2) is 57.4 Å². The number of hydrogen-bond donors (Lipinski definition) is 2. The standard InChI is InChI=1S/C10H13NO4S.C8H7ClO4S/c1-7-4-5-8(6-9(7)10(12)13)16(14,15)11(2)3;1-5-2-3-6(14(9,12)13)4-7(5)8(10)11/h4-6H,1-3H3,(H,12,13);2-4H,1H3,(H,10,11). The SMILES string of the molecule is Cc1ccc(S(=O)(=O)Cl)cc1C(=O)O.Cc1ccc(S(=O)(=O)N(C)C)cc1C(=O)O. The smallest absolute Gasteiger partial charge is 0.335 e. The molecule has 0 atom stereocenters. The first kappa shape index (κ1) is 25.6. The van der Waals surface area contributed by atoms with Crippen LogP contribution in [0.25, 0.3) is 0 Å². The fourth-order valence-electron chi connectivity index (χ4n) is 2.19. The van der Waals surface area contributed by atoms with Crippen molar-refractivity contribution in [2.24, 2.45) is 0 Å². The van der Waals surface area contributed by atoms with Crippen LogP contribution in [0.1, 0.15) is 31.8 Å². The molecule has 0 unspecified atom stereocenters. The highest BCUT2D eigenvalue weighted by Gasteiger charge is 2.19. The Balaban J connectivity index is 0.000000303. The van der Waals surface area contributed by atoms with E-state index in [0.717, 1.165) is 10.4 Å². The topological polar surface area (TPSA) is 146 Å². The molecule has 2 aromatic rings. The van der Waals surface area contributed by atoms with Gasteiger partial charge in [0.15, 0.2) is 0 Å². The minimum Gasteiger partial charge on any atom is -0.478 e. The van der Waals surface area contributed by atoms with Crippen molar-refractivity contribution < 1.29 is 36.6 Å². The monoisotopic (exact) mass is 477 g/mol. The molecule has 30 heavy (non-hydrogen) atoms. The Hall–Kier alpha value is -2.47. The van der Waals surface area contributed by atoms with Gasteiger partial charge in [-0.05, 0) is 49.2 Å². The van der Waals surface area contributed by atoms with Crippen LogP contribution >= 0.6 is 10.7 Å². The van der Waals surface area contributed by atoms with Crippen LogP contribution < -0.4 is 0 Å². The van der Waals surface area contributed by atoms with Gasteiger partial charge in [-0.15, -0.1) is 0 Å². The lowest BCUT2D eigenvalue weighted by Gasteiger charge is -2.12. The number of benzene rings is 2. The maximum atomic E-state index is 11.8. The molecule has 9 nitrogen and oxygen atoms in total. The molecule has 0 amide bonds. The van der Waals surface area contributed by atoms with Crippen LogP contribution in [-0.2, 0) is 19.1 Å². The molecule has 0 saturated heterocycles. The van der Waals surface area contributed by atoms with E-state index in [1.807, 2.05) is 0 Å². The quantitative estimate of drug-likeness (QED) is 0.624. The molecule has 2 aromatic carbocycles. The predicted molar refractivity (Wildman–Crippen MR) is 110 cm³/mol. The number of aryl methyl sites for hydroxylation is 2. The number of carbonyl (C=O) groups is 2. The van der Waals surface area contributed by atoms with Gasteiger partial charge in [-0.25, -0.2) is 30.7 Å². The predicted octanol–water partition coefficient (Wildman–Crippen LogP) is 2.56. The lowest BCUT2D eigenvalue weighted by molar-refractivity contribution is 0.0685. The molecule has 0 bridgehead atoms. The summed E-state index contributed by atoms with van der Waals surface area (Å²) < 4.78 is 46.3. The zero-order valence-electron chi connectivity index (χ0n) is 16.4. The van der Waals surface area contributed by atoms with E-state index in [4.69, 9.17) is 20.9 Å². The number of halogens is 1. The zero-order valence-corrected chi connectivity index (χ0v) is 18.8. The Morgan fingerprint density at radius 3 is 1.50 bits per heavy atom. The van der Waals surface area contributed by atoms with Crippen molar-refractivity contribution in [3.63, 3.8) is 0 Å². The van der Waals surface area contributed by atoms with Gasteiger partial charge in [-0.1, -0.05) is 12.1 Å². The first-order valence-corrected chi connectivity index (χ1v) is 11.9. The number of nitrogens with zero attached hydrogens (tertiary/aromatic N) is 1. The summed E-state index contributed by atoms with van der Waals surface area (Å²) in [7, 11) is 0.417. The Morgan fingerprint density at radius 2 is 1.17 bits per heavy atom. The van der Waals surface area contributed by atoms with Crippen molar-refractivity contribution in [1.29, 1.82) is 0 Å². The molecule has 0 aliphatic carbocycles. The van der Waals surface area contributed by atoms with E-state index in [2.05, 4.69) is 0 Å². The molecule has 164 valence electrons. The average Bonchev–Trinajstić information content (AvgIpc) is 2.61. The summed E-state index contributed by atoms with van der Waals surface area (Å²) in [5.74, 6) is -2.31. The molecule has 0 heterocycles. The first-order valence-electron chi connectivity index (χ1n) is 8.14. The van der Waals surface area contributed by atoms with Gasteiger partial charge in [0.2, 0.25) is 10.0 Å². The summed E-state index contributed by atoms with van der Waals surface area (Å²) in [4.78, 5) is 21.3. The van der Waals surface area contributed by atoms with Crippen LogP contribution in [0.2, 0.25) is 0 Å². The molecular formula is C18H20ClNO8S2. The van der Waals surface area contributed by atoms with E-state index < -0.39 is 31.0 Å². The molecular weight excluding hydrogens is 458 g/mol. The van der Waals surface area contributed by atoms with Gasteiger partial charge in [0.1, 0.15) is 0 Å². The molecule has 2 N–H and O–H groups in total. The molecule has 0 aliphatic rings. The van der Waals surface area contributed by atoms with Crippen LogP contribution in [0.3, 0.4) is 0 Å². The summed E-state index contributed by atoms with van der Waals surface area (Å²) in [6.45, 7) is 3.20. The first-order chi connectivity index (χ1) is 13.6. The van der Waals surface area contributed by atoms with Gasteiger partial charge < -0.3 is 10.2 Å². The Kier molecular flexibility index (Phi) is 8.15. The van der Waals surface area contributed by atoms with Crippen molar-refractivity contribution in [2.75, 3.05) is 14.1 Å². The maximum Gasteiger partial charge on any atom is 0.335 e. The normalized spacial score (nSPS) is 11.5. The second kappa shape index (κ2) is 9.56. The van der Waals surface area contributed by atoms with Crippen molar-refractivity contribution in [2.45, 2.75) is 23.6 Å². The fraction of sp³-hybridized carbons (Fsp3) is 0.222. The summed E-state index contributed by atoms with van der Waals surface area (Å²) in [6, 6.07) is 7.77. The highest BCUT2D eigenvalue weighted by Crippen LogP contribution is 2.19. The zero-order chi connectivity index (χ0) is 23.4. The Morgan fingerprint density at radius 1 is 0.800 bits per heavy atom. The van der Waals surface area contributed by atoms with Gasteiger partial charge in [0.05, 0.1) is 20.9 Å². The molecule has 0 aliphatic heterocycles. The molecule has 0 spiro atoms. The van der Waals surface area contributed by atoms with Gasteiger partial charge >= 0.3 is 11.9 Å². The minimum atomic E-state index is -3.87. The van der Waals surface area contributed by atoms with Crippen molar-refractivity contribution >= 4 is 41.7 Å². The lowest BCUT2D eigenvalue weighted by Crippen LogP contribution is -2.22. The largest absolute Gasteiger partial charge is 0.478 e. The second-order valence-electron chi connectivity index (χ2n) is 6.29. The number of rotatable bonds is 5. The van der Waals surface area contributed by atoms with E-state index in [1.165, 1.54) is 44.4 Å². The third-order valence-corrected chi connectivity index (χ3v) is 7.10. The van der Waals surface area contributed by atoms with Gasteiger partial charge in [0.25, 0.3) is 9.05 Å². The van der Waals surface area contributed by atoms with Crippen LogP contribution in [0.15, 0.2) is 46.2 Å². The van der Waals surface area contributed by atoms with Gasteiger partial charge in [-0.2, -0.15) is 0 Å². The van der Waals surface area contributed by atoms with Crippen LogP contribution in [0, 0.1) is 13.8 Å². The Labute approximate surface area is 179 Å². The molecule has 2 rings (SSSR count). The number of aromatic carboxylic acids is 2. The molecule has 12 heteroatoms. The summed E-state index contributed by atoms with van der Waals surface area (Å²) >= 11 is 0. The molecule has 0 aromatic heterocycles. The van der Waals surface area contributed by atoms with E-state index in [9.17, 15) is 26.4 Å². The third kappa shape index (κ3) is 6.26. The number of hydrogen-bond acceptors (Lipinski definition) is 6.